The van der Waals surface area contributed by atoms with Gasteiger partial charge in [-0.15, -0.1) is 0 Å². The number of halogens is 3. The quantitative estimate of drug-likeness (QED) is 0.0350. The predicted octanol–water partition coefficient (Wildman–Crippen LogP) is 18.2. The minimum absolute atomic E-state index is 0.121. The van der Waals surface area contributed by atoms with Crippen molar-refractivity contribution in [2.45, 2.75) is 91.2 Å². The van der Waals surface area contributed by atoms with Crippen LogP contribution in [0.15, 0.2) is 159 Å². The maximum atomic E-state index is 12.9. The van der Waals surface area contributed by atoms with Gasteiger partial charge in [0.25, 0.3) is 0 Å². The second-order valence-corrected chi connectivity index (χ2v) is 18.0. The molecule has 2 nitrogen and oxygen atoms in total. The number of rotatable bonds is 19. The molecule has 8 aromatic carbocycles. The van der Waals surface area contributed by atoms with Crippen molar-refractivity contribution in [1.82, 2.24) is 0 Å². The number of aryl methyl sites for hydroxylation is 2. The average molecular weight is 893 g/mol. The molecule has 0 aliphatic carbocycles. The maximum Gasteiger partial charge on any atom is 0.389 e. The SMILES string of the molecule is C=C(C)C(=O)OCCCCCc1ccc(-c2cc(-c3ccc(CCCCC(F)(F)F)cc3)c3ccc4c(-c5ccc(C(=C)CC)cc5)cc(-c5ccc(C(=C)CC)cc5)c5ccc2c3c54)cc1. The van der Waals surface area contributed by atoms with Gasteiger partial charge < -0.3 is 4.74 Å². The van der Waals surface area contributed by atoms with Gasteiger partial charge in [-0.2, -0.15) is 13.2 Å². The number of hydrogen-bond acceptors (Lipinski definition) is 2. The van der Waals surface area contributed by atoms with Crippen molar-refractivity contribution in [2.75, 3.05) is 6.61 Å². The lowest BCUT2D eigenvalue weighted by molar-refractivity contribution is -0.139. The number of alkyl halides is 3. The fraction of sp³-hybridized carbons (Fsp3) is 0.242. The van der Waals surface area contributed by atoms with Crippen molar-refractivity contribution in [3.05, 3.63) is 181 Å². The molecule has 0 unspecified atom stereocenters. The molecule has 0 radical (unpaired) electrons. The molecule has 0 spiro atoms. The van der Waals surface area contributed by atoms with Crippen molar-refractivity contribution < 1.29 is 22.7 Å². The number of ether oxygens (including phenoxy) is 1. The van der Waals surface area contributed by atoms with Crippen LogP contribution in [-0.2, 0) is 22.4 Å². The minimum atomic E-state index is -4.13. The highest BCUT2D eigenvalue weighted by Gasteiger charge is 2.26. The highest BCUT2D eigenvalue weighted by molar-refractivity contribution is 6.32. The lowest BCUT2D eigenvalue weighted by atomic mass is 9.81. The number of allylic oxidation sites excluding steroid dienone is 2. The summed E-state index contributed by atoms with van der Waals surface area (Å²) in [5, 5.41) is 7.08. The third-order valence-corrected chi connectivity index (χ3v) is 13.4. The van der Waals surface area contributed by atoms with Crippen molar-refractivity contribution in [2.24, 2.45) is 0 Å². The summed E-state index contributed by atoms with van der Waals surface area (Å²) >= 11 is 0. The largest absolute Gasteiger partial charge is 0.462 e. The number of hydrogen-bond donors (Lipinski definition) is 0. The molecule has 0 bridgehead atoms. The molecule has 67 heavy (non-hydrogen) atoms. The van der Waals surface area contributed by atoms with Crippen molar-refractivity contribution in [1.29, 1.82) is 0 Å². The zero-order valence-electron chi connectivity index (χ0n) is 39.1. The second-order valence-electron chi connectivity index (χ2n) is 18.0. The lowest BCUT2D eigenvalue weighted by Gasteiger charge is -2.22. The Balaban J connectivity index is 1.27. The lowest BCUT2D eigenvalue weighted by Crippen LogP contribution is -2.06. The number of esters is 1. The van der Waals surface area contributed by atoms with Crippen LogP contribution in [0.4, 0.5) is 13.2 Å². The van der Waals surface area contributed by atoms with Gasteiger partial charge in [0.2, 0.25) is 0 Å². The molecule has 0 saturated heterocycles. The van der Waals surface area contributed by atoms with E-state index in [0.29, 0.717) is 25.0 Å². The summed E-state index contributed by atoms with van der Waals surface area (Å²) < 4.78 is 44.0. The Hall–Kier alpha value is -6.72. The first-order valence-corrected chi connectivity index (χ1v) is 23.8. The van der Waals surface area contributed by atoms with E-state index >= 15 is 0 Å². The number of unbranched alkanes of at least 4 members (excludes halogenated alkanes) is 3. The normalized spacial score (nSPS) is 11.7. The van der Waals surface area contributed by atoms with Gasteiger partial charge in [0, 0.05) is 12.0 Å². The summed E-state index contributed by atoms with van der Waals surface area (Å²) in [6.07, 6.45) is 1.77. The molecule has 0 amide bonds. The van der Waals surface area contributed by atoms with E-state index in [2.05, 4.69) is 167 Å². The number of carbonyl (C=O) groups is 1. The monoisotopic (exact) mass is 892 g/mol. The summed E-state index contributed by atoms with van der Waals surface area (Å²) in [4.78, 5) is 11.8. The number of carbonyl (C=O) groups excluding carboxylic acids is 1. The molecule has 0 aliphatic heterocycles. The maximum absolute atomic E-state index is 12.9. The van der Waals surface area contributed by atoms with Gasteiger partial charge in [-0.05, 0) is 187 Å². The molecule has 0 atom stereocenters. The molecular weight excluding hydrogens is 834 g/mol. The molecular formula is C62H59F3O2. The van der Waals surface area contributed by atoms with Gasteiger partial charge in [-0.1, -0.05) is 155 Å². The predicted molar refractivity (Wildman–Crippen MR) is 277 cm³/mol. The molecule has 8 aromatic rings. The molecule has 0 aliphatic rings. The van der Waals surface area contributed by atoms with E-state index in [1.807, 2.05) is 0 Å². The Morgan fingerprint density at radius 3 is 1.19 bits per heavy atom. The van der Waals surface area contributed by atoms with Gasteiger partial charge in [0.05, 0.1) is 6.61 Å². The van der Waals surface area contributed by atoms with Crippen LogP contribution in [0.3, 0.4) is 0 Å². The summed E-state index contributed by atoms with van der Waals surface area (Å²) in [5.74, 6) is -0.338. The van der Waals surface area contributed by atoms with Crippen molar-refractivity contribution in [3.63, 3.8) is 0 Å². The summed E-state index contributed by atoms with van der Waals surface area (Å²) in [6, 6.07) is 48.8. The van der Waals surface area contributed by atoms with Crippen LogP contribution in [-0.4, -0.2) is 18.8 Å². The fourth-order valence-corrected chi connectivity index (χ4v) is 9.38. The highest BCUT2D eigenvalue weighted by Crippen LogP contribution is 2.49. The third-order valence-electron chi connectivity index (χ3n) is 13.4. The van der Waals surface area contributed by atoms with E-state index < -0.39 is 12.6 Å². The standard InChI is InChI=1S/C62H59F3O2/c1-7-41(5)45-24-28-49(29-25-45)57-39-58(50-30-26-46(27-31-50)42(6)8-2)54-35-33-52-56(48-22-18-44(19-23-48)15-11-12-36-62(63,64)65)38-55(51-32-34-53(57)60(54)59(51)52)47-20-16-43(17-21-47)14-10-9-13-37-67-61(66)40(3)4/h16-35,38-39H,3,5-15,36-37H2,1-2,4H3. The molecule has 5 heteroatoms. The van der Waals surface area contributed by atoms with Crippen LogP contribution in [0.25, 0.3) is 88.0 Å². The van der Waals surface area contributed by atoms with Crippen LogP contribution in [0.5, 0.6) is 0 Å². The number of benzene rings is 8. The van der Waals surface area contributed by atoms with E-state index in [9.17, 15) is 18.0 Å². The Labute approximate surface area is 393 Å². The first kappa shape index (κ1) is 46.8. The average Bonchev–Trinajstić information content (AvgIpc) is 3.35. The van der Waals surface area contributed by atoms with Crippen molar-refractivity contribution in [3.8, 4) is 44.5 Å². The Bertz CT molecular complexity index is 2980. The Morgan fingerprint density at radius 2 is 0.851 bits per heavy atom. The highest BCUT2D eigenvalue weighted by atomic mass is 19.4. The summed E-state index contributed by atoms with van der Waals surface area (Å²) in [6.45, 7) is 18.6. The zero-order valence-corrected chi connectivity index (χ0v) is 39.1. The molecule has 0 N–H and O–H groups in total. The van der Waals surface area contributed by atoms with E-state index in [0.717, 1.165) is 116 Å². The van der Waals surface area contributed by atoms with Gasteiger partial charge in [-0.25, -0.2) is 4.79 Å². The van der Waals surface area contributed by atoms with Crippen LogP contribution >= 0.6 is 0 Å². The first-order chi connectivity index (χ1) is 32.3. The van der Waals surface area contributed by atoms with Gasteiger partial charge in [0.1, 0.15) is 0 Å². The molecule has 340 valence electrons. The Morgan fingerprint density at radius 1 is 0.493 bits per heavy atom. The van der Waals surface area contributed by atoms with E-state index in [4.69, 9.17) is 4.74 Å². The van der Waals surface area contributed by atoms with E-state index in [-0.39, 0.29) is 12.4 Å². The smallest absolute Gasteiger partial charge is 0.389 e. The Kier molecular flexibility index (Phi) is 14.3. The van der Waals surface area contributed by atoms with Crippen LogP contribution in [0, 0.1) is 0 Å². The van der Waals surface area contributed by atoms with Crippen molar-refractivity contribution >= 4 is 49.4 Å². The fourth-order valence-electron chi connectivity index (χ4n) is 9.38. The molecule has 0 heterocycles. The van der Waals surface area contributed by atoms with E-state index in [1.165, 1.54) is 32.5 Å². The zero-order chi connectivity index (χ0) is 47.2. The van der Waals surface area contributed by atoms with Gasteiger partial charge in [-0.3, -0.25) is 0 Å². The molecule has 8 rings (SSSR count). The molecule has 0 fully saturated rings. The van der Waals surface area contributed by atoms with E-state index in [1.54, 1.807) is 6.92 Å². The van der Waals surface area contributed by atoms with Crippen LogP contribution in [0.2, 0.25) is 0 Å². The van der Waals surface area contributed by atoms with Crippen LogP contribution < -0.4 is 0 Å². The summed E-state index contributed by atoms with van der Waals surface area (Å²) in [7, 11) is 0. The van der Waals surface area contributed by atoms with Crippen LogP contribution in [0.1, 0.15) is 94.4 Å². The van der Waals surface area contributed by atoms with Gasteiger partial charge in [0.15, 0.2) is 0 Å². The minimum Gasteiger partial charge on any atom is -0.462 e. The topological polar surface area (TPSA) is 26.3 Å². The van der Waals surface area contributed by atoms with Gasteiger partial charge >= 0.3 is 12.1 Å². The second kappa shape index (κ2) is 20.4. The molecule has 0 aromatic heterocycles. The third kappa shape index (κ3) is 10.5. The molecule has 0 saturated carbocycles. The first-order valence-electron chi connectivity index (χ1n) is 23.8. The summed E-state index contributed by atoms with van der Waals surface area (Å²) in [5.41, 5.74) is 16.2.